The van der Waals surface area contributed by atoms with Gasteiger partial charge in [0.15, 0.2) is 5.43 Å². The molecule has 0 saturated carbocycles. The molecule has 0 atom stereocenters. The Morgan fingerprint density at radius 3 is 2.82 bits per heavy atom. The maximum absolute atomic E-state index is 12.5. The van der Waals surface area contributed by atoms with Crippen molar-refractivity contribution >= 4 is 10.9 Å². The number of H-pyrrole nitrogens is 1. The number of fused-ring (bicyclic) bond motifs is 2. The van der Waals surface area contributed by atoms with Crippen molar-refractivity contribution in [1.29, 1.82) is 0 Å². The monoisotopic (exact) mass is 227 g/mol. The summed E-state index contributed by atoms with van der Waals surface area (Å²) in [6.07, 6.45) is 5.54. The van der Waals surface area contributed by atoms with Crippen molar-refractivity contribution in [2.24, 2.45) is 0 Å². The molecule has 0 unspecified atom stereocenters. The van der Waals surface area contributed by atoms with Crippen molar-refractivity contribution < 1.29 is 0 Å². The fourth-order valence-electron chi connectivity index (χ4n) is 2.81. The van der Waals surface area contributed by atoms with Crippen LogP contribution in [0.1, 0.15) is 36.1 Å². The van der Waals surface area contributed by atoms with Gasteiger partial charge in [0.2, 0.25) is 0 Å². The summed E-state index contributed by atoms with van der Waals surface area (Å²) < 4.78 is 0. The number of aryl methyl sites for hydroxylation is 2. The molecule has 0 fully saturated rings. The van der Waals surface area contributed by atoms with Gasteiger partial charge in [-0.1, -0.05) is 18.6 Å². The van der Waals surface area contributed by atoms with Crippen LogP contribution in [0.4, 0.5) is 0 Å². The zero-order chi connectivity index (χ0) is 11.8. The minimum Gasteiger partial charge on any atom is -0.358 e. The van der Waals surface area contributed by atoms with Gasteiger partial charge in [-0.15, -0.1) is 0 Å². The summed E-state index contributed by atoms with van der Waals surface area (Å²) in [5.74, 6) is 0. The number of rotatable bonds is 0. The van der Waals surface area contributed by atoms with Gasteiger partial charge in [0, 0.05) is 16.6 Å². The van der Waals surface area contributed by atoms with Crippen LogP contribution in [-0.4, -0.2) is 4.98 Å². The molecular formula is C15H17NO. The lowest BCUT2D eigenvalue weighted by Gasteiger charge is -2.09. The third-order valence-corrected chi connectivity index (χ3v) is 3.79. The van der Waals surface area contributed by atoms with E-state index >= 15 is 0 Å². The molecule has 1 aromatic carbocycles. The number of hydrogen-bond acceptors (Lipinski definition) is 1. The summed E-state index contributed by atoms with van der Waals surface area (Å²) in [4.78, 5) is 16.0. The van der Waals surface area contributed by atoms with Crippen LogP contribution in [0.3, 0.4) is 0 Å². The molecule has 17 heavy (non-hydrogen) atoms. The number of aromatic amines is 1. The summed E-state index contributed by atoms with van der Waals surface area (Å²) in [6.45, 7) is 2.06. The molecule has 1 aromatic heterocycles. The predicted octanol–water partition coefficient (Wildman–Crippen LogP) is 3.11. The predicted molar refractivity (Wildman–Crippen MR) is 70.6 cm³/mol. The smallest absolute Gasteiger partial charge is 0.192 e. The van der Waals surface area contributed by atoms with E-state index in [2.05, 4.69) is 18.0 Å². The summed E-state index contributed by atoms with van der Waals surface area (Å²) in [5.41, 5.74) is 4.64. The SMILES string of the molecule is Cc1cccc2c(=O)c3c([nH]c12)CCCCC3. The van der Waals surface area contributed by atoms with Gasteiger partial charge in [-0.2, -0.15) is 0 Å². The van der Waals surface area contributed by atoms with Crippen molar-refractivity contribution in [3.63, 3.8) is 0 Å². The molecule has 2 aromatic rings. The lowest BCUT2D eigenvalue weighted by atomic mass is 10.0. The number of benzene rings is 1. The van der Waals surface area contributed by atoms with Gasteiger partial charge in [-0.3, -0.25) is 4.79 Å². The third-order valence-electron chi connectivity index (χ3n) is 3.79. The quantitative estimate of drug-likeness (QED) is 0.689. The second-order valence-electron chi connectivity index (χ2n) is 4.97. The van der Waals surface area contributed by atoms with E-state index in [0.717, 1.165) is 41.3 Å². The van der Waals surface area contributed by atoms with Crippen molar-refractivity contribution in [3.05, 3.63) is 45.2 Å². The Bertz CT molecular complexity index is 625. The Kier molecular flexibility index (Phi) is 2.50. The minimum absolute atomic E-state index is 0.249. The summed E-state index contributed by atoms with van der Waals surface area (Å²) in [6, 6.07) is 5.96. The van der Waals surface area contributed by atoms with Crippen LogP contribution in [0.2, 0.25) is 0 Å². The topological polar surface area (TPSA) is 32.9 Å². The fourth-order valence-corrected chi connectivity index (χ4v) is 2.81. The van der Waals surface area contributed by atoms with E-state index in [9.17, 15) is 4.79 Å². The molecule has 3 rings (SSSR count). The lowest BCUT2D eigenvalue weighted by Crippen LogP contribution is -2.14. The third kappa shape index (κ3) is 1.68. The van der Waals surface area contributed by atoms with Gasteiger partial charge in [-0.25, -0.2) is 0 Å². The summed E-state index contributed by atoms with van der Waals surface area (Å²) in [5, 5.41) is 0.852. The molecule has 0 bridgehead atoms. The number of para-hydroxylation sites is 1. The molecule has 1 aliphatic rings. The highest BCUT2D eigenvalue weighted by atomic mass is 16.1. The molecule has 0 radical (unpaired) electrons. The molecule has 2 heteroatoms. The van der Waals surface area contributed by atoms with Crippen molar-refractivity contribution in [1.82, 2.24) is 4.98 Å². The maximum Gasteiger partial charge on any atom is 0.192 e. The summed E-state index contributed by atoms with van der Waals surface area (Å²) >= 11 is 0. The zero-order valence-electron chi connectivity index (χ0n) is 10.2. The van der Waals surface area contributed by atoms with E-state index in [0.29, 0.717) is 0 Å². The van der Waals surface area contributed by atoms with E-state index in [4.69, 9.17) is 0 Å². The Morgan fingerprint density at radius 1 is 1.12 bits per heavy atom. The molecule has 1 N–H and O–H groups in total. The highest BCUT2D eigenvalue weighted by molar-refractivity contribution is 5.82. The van der Waals surface area contributed by atoms with Gasteiger partial charge in [0.1, 0.15) is 0 Å². The van der Waals surface area contributed by atoms with E-state index in [1.165, 1.54) is 18.5 Å². The van der Waals surface area contributed by atoms with Crippen LogP contribution in [0, 0.1) is 6.92 Å². The van der Waals surface area contributed by atoms with Crippen molar-refractivity contribution in [2.45, 2.75) is 39.0 Å². The maximum atomic E-state index is 12.5. The first kappa shape index (κ1) is 10.6. The Balaban J connectivity index is 2.37. The molecular weight excluding hydrogens is 210 g/mol. The Labute approximate surface area is 101 Å². The number of aromatic nitrogens is 1. The molecule has 0 amide bonds. The summed E-state index contributed by atoms with van der Waals surface area (Å²) in [7, 11) is 0. The van der Waals surface area contributed by atoms with E-state index < -0.39 is 0 Å². The highest BCUT2D eigenvalue weighted by Crippen LogP contribution is 2.21. The van der Waals surface area contributed by atoms with Crippen LogP contribution in [0.15, 0.2) is 23.0 Å². The lowest BCUT2D eigenvalue weighted by molar-refractivity contribution is 0.708. The molecule has 1 heterocycles. The first-order valence-corrected chi connectivity index (χ1v) is 6.41. The highest BCUT2D eigenvalue weighted by Gasteiger charge is 2.14. The molecule has 0 aliphatic heterocycles. The van der Waals surface area contributed by atoms with Crippen LogP contribution in [0.25, 0.3) is 10.9 Å². The second kappa shape index (κ2) is 4.02. The molecule has 88 valence electrons. The van der Waals surface area contributed by atoms with Crippen molar-refractivity contribution in [3.8, 4) is 0 Å². The van der Waals surface area contributed by atoms with Crippen LogP contribution in [-0.2, 0) is 12.8 Å². The first-order valence-electron chi connectivity index (χ1n) is 6.41. The molecule has 2 nitrogen and oxygen atoms in total. The number of hydrogen-bond donors (Lipinski definition) is 1. The van der Waals surface area contributed by atoms with Crippen LogP contribution >= 0.6 is 0 Å². The average molecular weight is 227 g/mol. The largest absolute Gasteiger partial charge is 0.358 e. The molecule has 0 spiro atoms. The normalized spacial score (nSPS) is 15.6. The van der Waals surface area contributed by atoms with Gasteiger partial charge in [0.25, 0.3) is 0 Å². The van der Waals surface area contributed by atoms with Gasteiger partial charge in [0.05, 0.1) is 5.52 Å². The van der Waals surface area contributed by atoms with Crippen LogP contribution < -0.4 is 5.43 Å². The van der Waals surface area contributed by atoms with Gasteiger partial charge >= 0.3 is 0 Å². The van der Waals surface area contributed by atoms with E-state index in [-0.39, 0.29) is 5.43 Å². The first-order chi connectivity index (χ1) is 8.27. The molecule has 0 saturated heterocycles. The molecule has 1 aliphatic carbocycles. The minimum atomic E-state index is 0.249. The second-order valence-corrected chi connectivity index (χ2v) is 4.97. The number of nitrogens with one attached hydrogen (secondary N) is 1. The van der Waals surface area contributed by atoms with E-state index in [1.54, 1.807) is 0 Å². The Hall–Kier alpha value is -1.57. The average Bonchev–Trinajstić information content (AvgIpc) is 2.56. The fraction of sp³-hybridized carbons (Fsp3) is 0.400. The number of pyridine rings is 1. The van der Waals surface area contributed by atoms with Crippen LogP contribution in [0.5, 0.6) is 0 Å². The van der Waals surface area contributed by atoms with E-state index in [1.807, 2.05) is 12.1 Å². The Morgan fingerprint density at radius 2 is 1.94 bits per heavy atom. The van der Waals surface area contributed by atoms with Gasteiger partial charge in [-0.05, 0) is 44.2 Å². The standard InChI is InChI=1S/C15H17NO/c1-10-6-5-8-12-14(10)16-13-9-4-2-3-7-11(13)15(12)17/h5-6,8H,2-4,7,9H2,1H3,(H,16,17). The van der Waals surface area contributed by atoms with Gasteiger partial charge < -0.3 is 4.98 Å². The van der Waals surface area contributed by atoms with Crippen molar-refractivity contribution in [2.75, 3.05) is 0 Å². The zero-order valence-corrected chi connectivity index (χ0v) is 10.2.